The van der Waals surface area contributed by atoms with Crippen LogP contribution in [0.5, 0.6) is 0 Å². The molecule has 0 amide bonds. The van der Waals surface area contributed by atoms with Gasteiger partial charge in [0, 0.05) is 11.4 Å². The summed E-state index contributed by atoms with van der Waals surface area (Å²) in [7, 11) is 0. The Balaban J connectivity index is 2.75. The molecule has 0 bridgehead atoms. The van der Waals surface area contributed by atoms with Crippen LogP contribution < -0.4 is 5.73 Å². The summed E-state index contributed by atoms with van der Waals surface area (Å²) in [6.45, 7) is 4.04. The Bertz CT molecular complexity index is 351. The summed E-state index contributed by atoms with van der Waals surface area (Å²) in [6.07, 6.45) is 2.32. The fourth-order valence-electron chi connectivity index (χ4n) is 1.05. The Morgan fingerprint density at radius 1 is 1.53 bits per heavy atom. The van der Waals surface area contributed by atoms with Crippen LogP contribution in [0.3, 0.4) is 0 Å². The van der Waals surface area contributed by atoms with E-state index >= 15 is 0 Å². The third-order valence-electron chi connectivity index (χ3n) is 1.84. The molecule has 1 aromatic rings. The zero-order valence-corrected chi connectivity index (χ0v) is 9.90. The molecule has 0 aromatic carbocycles. The van der Waals surface area contributed by atoms with Crippen LogP contribution in [-0.4, -0.2) is 21.6 Å². The number of rotatable bonds is 5. The number of unbranched alkanes of at least 4 members (excludes halogenated alkanes) is 1. The first-order chi connectivity index (χ1) is 7.13. The van der Waals surface area contributed by atoms with Gasteiger partial charge in [0.1, 0.15) is 11.5 Å². The second kappa shape index (κ2) is 5.70. The molecule has 1 aromatic heterocycles. The number of nitrogens with one attached hydrogen (secondary N) is 1. The molecule has 4 nitrogen and oxygen atoms in total. The van der Waals surface area contributed by atoms with E-state index in [9.17, 15) is 0 Å². The van der Waals surface area contributed by atoms with E-state index in [-0.39, 0.29) is 5.84 Å². The van der Waals surface area contributed by atoms with Crippen molar-refractivity contribution in [3.8, 4) is 0 Å². The topological polar surface area (TPSA) is 75.7 Å². The predicted octanol–water partition coefficient (Wildman–Crippen LogP) is 1.96. The number of nitrogen functional groups attached to an aromatic ring is 1. The smallest absolute Gasteiger partial charge is 0.188 e. The maximum Gasteiger partial charge on any atom is 0.188 e. The van der Waals surface area contributed by atoms with Gasteiger partial charge < -0.3 is 5.73 Å². The van der Waals surface area contributed by atoms with Gasteiger partial charge in [0.25, 0.3) is 0 Å². The van der Waals surface area contributed by atoms with E-state index < -0.39 is 0 Å². The molecule has 1 heterocycles. The van der Waals surface area contributed by atoms with E-state index in [2.05, 4.69) is 16.9 Å². The Morgan fingerprint density at radius 2 is 2.27 bits per heavy atom. The second-order valence-electron chi connectivity index (χ2n) is 3.29. The monoisotopic (exact) mass is 224 g/mol. The summed E-state index contributed by atoms with van der Waals surface area (Å²) in [6, 6.07) is 1.73. The van der Waals surface area contributed by atoms with Crippen LogP contribution >= 0.6 is 11.8 Å². The van der Waals surface area contributed by atoms with Gasteiger partial charge in [-0.2, -0.15) is 0 Å². The first-order valence-electron chi connectivity index (χ1n) is 4.96. The minimum atomic E-state index is -0.00200. The van der Waals surface area contributed by atoms with Crippen LogP contribution in [0, 0.1) is 12.3 Å². The van der Waals surface area contributed by atoms with E-state index in [1.54, 1.807) is 17.8 Å². The van der Waals surface area contributed by atoms with Gasteiger partial charge in [0.15, 0.2) is 5.16 Å². The van der Waals surface area contributed by atoms with E-state index in [4.69, 9.17) is 11.1 Å². The molecule has 0 atom stereocenters. The molecule has 82 valence electrons. The fourth-order valence-corrected chi connectivity index (χ4v) is 2.04. The molecule has 0 aliphatic heterocycles. The van der Waals surface area contributed by atoms with E-state index in [0.29, 0.717) is 10.9 Å². The van der Waals surface area contributed by atoms with Crippen molar-refractivity contribution >= 4 is 17.6 Å². The molecule has 15 heavy (non-hydrogen) atoms. The van der Waals surface area contributed by atoms with Gasteiger partial charge in [-0.05, 0) is 19.4 Å². The highest BCUT2D eigenvalue weighted by Gasteiger charge is 2.04. The van der Waals surface area contributed by atoms with Gasteiger partial charge >= 0.3 is 0 Å². The fraction of sp³-hybridized carbons (Fsp3) is 0.500. The molecule has 1 rings (SSSR count). The standard InChI is InChI=1S/C10H16N4S/c1-3-4-5-15-10-13-7(2)6-8(14-10)9(11)12/h6H,3-5H2,1-2H3,(H3,11,12). The van der Waals surface area contributed by atoms with Gasteiger partial charge in [0.05, 0.1) is 0 Å². The molecule has 0 unspecified atom stereocenters. The lowest BCUT2D eigenvalue weighted by Gasteiger charge is -2.03. The van der Waals surface area contributed by atoms with Crippen molar-refractivity contribution in [1.82, 2.24) is 9.97 Å². The second-order valence-corrected chi connectivity index (χ2v) is 4.35. The average Bonchev–Trinajstić information content (AvgIpc) is 2.17. The lowest BCUT2D eigenvalue weighted by molar-refractivity contribution is 0.881. The largest absolute Gasteiger partial charge is 0.382 e. The highest BCUT2D eigenvalue weighted by molar-refractivity contribution is 7.99. The molecule has 3 N–H and O–H groups in total. The summed E-state index contributed by atoms with van der Waals surface area (Å²) in [5.74, 6) is 1.01. The van der Waals surface area contributed by atoms with Crippen molar-refractivity contribution in [2.75, 3.05) is 5.75 Å². The quantitative estimate of drug-likeness (QED) is 0.263. The average molecular weight is 224 g/mol. The number of aromatic nitrogens is 2. The van der Waals surface area contributed by atoms with Crippen molar-refractivity contribution in [3.63, 3.8) is 0 Å². The van der Waals surface area contributed by atoms with Crippen LogP contribution in [0.4, 0.5) is 0 Å². The van der Waals surface area contributed by atoms with Crippen LogP contribution in [0.1, 0.15) is 31.2 Å². The number of amidine groups is 1. The number of nitrogens with two attached hydrogens (primary N) is 1. The van der Waals surface area contributed by atoms with Crippen molar-refractivity contribution in [2.24, 2.45) is 5.73 Å². The Kier molecular flexibility index (Phi) is 4.55. The predicted molar refractivity (Wildman–Crippen MR) is 63.4 cm³/mol. The third kappa shape index (κ3) is 3.87. The molecule has 0 spiro atoms. The number of nitrogens with zero attached hydrogens (tertiary/aromatic N) is 2. The van der Waals surface area contributed by atoms with Crippen LogP contribution in [0.25, 0.3) is 0 Å². The molecule has 0 saturated carbocycles. The lowest BCUT2D eigenvalue weighted by Crippen LogP contribution is -2.14. The SMILES string of the molecule is CCCCSc1nc(C)cc(C(=N)N)n1. The molecular formula is C10H16N4S. The minimum Gasteiger partial charge on any atom is -0.382 e. The molecule has 5 heteroatoms. The van der Waals surface area contributed by atoms with Crippen molar-refractivity contribution in [1.29, 1.82) is 5.41 Å². The molecule has 0 radical (unpaired) electrons. The van der Waals surface area contributed by atoms with Gasteiger partial charge in [-0.3, -0.25) is 5.41 Å². The number of hydrogen-bond donors (Lipinski definition) is 2. The normalized spacial score (nSPS) is 10.3. The number of thioether (sulfide) groups is 1. The summed E-state index contributed by atoms with van der Waals surface area (Å²) >= 11 is 1.62. The first kappa shape index (κ1) is 12.0. The molecule has 0 saturated heterocycles. The van der Waals surface area contributed by atoms with Gasteiger partial charge in [-0.25, -0.2) is 9.97 Å². The van der Waals surface area contributed by atoms with Gasteiger partial charge in [0.2, 0.25) is 0 Å². The molecular weight excluding hydrogens is 208 g/mol. The molecule has 0 aliphatic rings. The minimum absolute atomic E-state index is 0.00200. The molecule has 0 fully saturated rings. The van der Waals surface area contributed by atoms with E-state index in [1.165, 1.54) is 6.42 Å². The summed E-state index contributed by atoms with van der Waals surface area (Å²) in [5.41, 5.74) is 6.76. The van der Waals surface area contributed by atoms with Crippen molar-refractivity contribution in [3.05, 3.63) is 17.5 Å². The summed E-state index contributed by atoms with van der Waals surface area (Å²) in [4.78, 5) is 8.49. The van der Waals surface area contributed by atoms with E-state index in [1.807, 2.05) is 6.92 Å². The highest BCUT2D eigenvalue weighted by atomic mass is 32.2. The number of aryl methyl sites for hydroxylation is 1. The summed E-state index contributed by atoms with van der Waals surface area (Å²) < 4.78 is 0. The van der Waals surface area contributed by atoms with Gasteiger partial charge in [-0.15, -0.1) is 0 Å². The zero-order valence-electron chi connectivity index (χ0n) is 9.08. The van der Waals surface area contributed by atoms with Crippen molar-refractivity contribution in [2.45, 2.75) is 31.8 Å². The Labute approximate surface area is 94.2 Å². The zero-order chi connectivity index (χ0) is 11.3. The third-order valence-corrected chi connectivity index (χ3v) is 2.77. The Morgan fingerprint density at radius 3 is 2.87 bits per heavy atom. The first-order valence-corrected chi connectivity index (χ1v) is 5.95. The van der Waals surface area contributed by atoms with Crippen molar-refractivity contribution < 1.29 is 0 Å². The number of hydrogen-bond acceptors (Lipinski definition) is 4. The summed E-state index contributed by atoms with van der Waals surface area (Å²) in [5, 5.41) is 8.04. The van der Waals surface area contributed by atoms with Gasteiger partial charge in [-0.1, -0.05) is 25.1 Å². The Hall–Kier alpha value is -1.10. The van der Waals surface area contributed by atoms with Crippen LogP contribution in [0.15, 0.2) is 11.2 Å². The maximum atomic E-state index is 7.32. The molecule has 0 aliphatic carbocycles. The maximum absolute atomic E-state index is 7.32. The lowest BCUT2D eigenvalue weighted by atomic mass is 10.3. The van der Waals surface area contributed by atoms with E-state index in [0.717, 1.165) is 17.9 Å². The highest BCUT2D eigenvalue weighted by Crippen LogP contribution is 2.15. The van der Waals surface area contributed by atoms with Crippen LogP contribution in [0.2, 0.25) is 0 Å². The van der Waals surface area contributed by atoms with Crippen LogP contribution in [-0.2, 0) is 0 Å².